The number of unbranched alkanes of at least 4 members (excludes halogenated alkanes) is 1. The van der Waals surface area contributed by atoms with Gasteiger partial charge in [-0.15, -0.1) is 0 Å². The van der Waals surface area contributed by atoms with Crippen LogP contribution in [-0.4, -0.2) is 22.1 Å². The zero-order valence-electron chi connectivity index (χ0n) is 17.3. The standard InChI is InChI=1S/C26H30O2S2/c27-26(28)13-7-6-12-25(30-20-21-8-2-1-3-9-21)16-17-29-19-22-14-15-23-10-4-5-11-24(23)18-22/h1-5,8-11,14-15,18,25H,6-7,12-13,16-17,19-20H2,(H,27,28). The highest BCUT2D eigenvalue weighted by Crippen LogP contribution is 2.27. The van der Waals surface area contributed by atoms with Crippen LogP contribution in [0.4, 0.5) is 0 Å². The number of rotatable bonds is 13. The van der Waals surface area contributed by atoms with E-state index in [1.165, 1.54) is 28.3 Å². The summed E-state index contributed by atoms with van der Waals surface area (Å²) in [5.41, 5.74) is 2.75. The van der Waals surface area contributed by atoms with Gasteiger partial charge >= 0.3 is 5.97 Å². The van der Waals surface area contributed by atoms with Crippen molar-refractivity contribution in [1.29, 1.82) is 0 Å². The van der Waals surface area contributed by atoms with Gasteiger partial charge in [0, 0.05) is 23.2 Å². The quantitative estimate of drug-likeness (QED) is 0.282. The third kappa shape index (κ3) is 8.08. The summed E-state index contributed by atoms with van der Waals surface area (Å²) in [4.78, 5) is 10.8. The maximum atomic E-state index is 10.8. The van der Waals surface area contributed by atoms with E-state index in [0.29, 0.717) is 5.25 Å². The second kappa shape index (κ2) is 12.7. The van der Waals surface area contributed by atoms with Gasteiger partial charge in [0.15, 0.2) is 0 Å². The predicted octanol–water partition coefficient (Wildman–Crippen LogP) is 7.41. The second-order valence-electron chi connectivity index (χ2n) is 7.58. The van der Waals surface area contributed by atoms with Gasteiger partial charge in [-0.1, -0.05) is 79.2 Å². The van der Waals surface area contributed by atoms with E-state index < -0.39 is 5.97 Å². The van der Waals surface area contributed by atoms with Crippen LogP contribution in [0.1, 0.15) is 43.2 Å². The Morgan fingerprint density at radius 2 is 1.57 bits per heavy atom. The van der Waals surface area contributed by atoms with Gasteiger partial charge in [0.2, 0.25) is 0 Å². The van der Waals surface area contributed by atoms with Crippen molar-refractivity contribution in [2.45, 2.75) is 48.9 Å². The summed E-state index contributed by atoms with van der Waals surface area (Å²) in [5, 5.41) is 12.1. The largest absolute Gasteiger partial charge is 0.481 e. The van der Waals surface area contributed by atoms with Crippen LogP contribution in [0, 0.1) is 0 Å². The van der Waals surface area contributed by atoms with Crippen molar-refractivity contribution >= 4 is 40.3 Å². The first kappa shape index (κ1) is 22.8. The molecular formula is C26H30O2S2. The van der Waals surface area contributed by atoms with Gasteiger partial charge in [0.05, 0.1) is 0 Å². The maximum Gasteiger partial charge on any atom is 0.303 e. The van der Waals surface area contributed by atoms with Crippen LogP contribution >= 0.6 is 23.5 Å². The number of hydrogen-bond donors (Lipinski definition) is 1. The minimum absolute atomic E-state index is 0.285. The highest BCUT2D eigenvalue weighted by molar-refractivity contribution is 7.99. The van der Waals surface area contributed by atoms with E-state index in [2.05, 4.69) is 72.8 Å². The molecule has 1 N–H and O–H groups in total. The van der Waals surface area contributed by atoms with Gasteiger partial charge in [-0.05, 0) is 46.9 Å². The summed E-state index contributed by atoms with van der Waals surface area (Å²) in [7, 11) is 0. The number of aliphatic carboxylic acids is 1. The van der Waals surface area contributed by atoms with Crippen molar-refractivity contribution in [3.8, 4) is 0 Å². The van der Waals surface area contributed by atoms with Crippen LogP contribution in [0.15, 0.2) is 72.8 Å². The molecule has 2 nitrogen and oxygen atoms in total. The van der Waals surface area contributed by atoms with Crippen LogP contribution < -0.4 is 0 Å². The number of carboxylic acid groups (broad SMARTS) is 1. The molecule has 0 spiro atoms. The number of hydrogen-bond acceptors (Lipinski definition) is 3. The Kier molecular flexibility index (Phi) is 9.65. The van der Waals surface area contributed by atoms with Crippen molar-refractivity contribution in [3.05, 3.63) is 83.9 Å². The normalized spacial score (nSPS) is 12.1. The van der Waals surface area contributed by atoms with E-state index in [1.807, 2.05) is 23.5 Å². The van der Waals surface area contributed by atoms with E-state index in [1.54, 1.807) is 0 Å². The molecule has 0 saturated heterocycles. The molecule has 3 aromatic rings. The van der Waals surface area contributed by atoms with Crippen LogP contribution in [0.2, 0.25) is 0 Å². The second-order valence-corrected chi connectivity index (χ2v) is 9.97. The molecule has 0 bridgehead atoms. The molecule has 4 heteroatoms. The molecule has 0 fully saturated rings. The van der Waals surface area contributed by atoms with E-state index in [-0.39, 0.29) is 6.42 Å². The highest BCUT2D eigenvalue weighted by Gasteiger charge is 2.11. The molecule has 0 radical (unpaired) electrons. The first-order chi connectivity index (χ1) is 14.7. The van der Waals surface area contributed by atoms with Gasteiger partial charge in [-0.2, -0.15) is 23.5 Å². The SMILES string of the molecule is O=C(O)CCCCC(CCSCc1ccc2ccccc2c1)SCc1ccccc1. The molecule has 3 rings (SSSR count). The average Bonchev–Trinajstić information content (AvgIpc) is 2.77. The van der Waals surface area contributed by atoms with Crippen LogP contribution in [-0.2, 0) is 16.3 Å². The third-order valence-electron chi connectivity index (χ3n) is 5.16. The molecule has 0 aromatic heterocycles. The molecule has 30 heavy (non-hydrogen) atoms. The Hall–Kier alpha value is -1.91. The lowest BCUT2D eigenvalue weighted by atomic mass is 10.1. The van der Waals surface area contributed by atoms with Crippen molar-refractivity contribution in [2.24, 2.45) is 0 Å². The van der Waals surface area contributed by atoms with E-state index in [9.17, 15) is 4.79 Å². The summed E-state index contributed by atoms with van der Waals surface area (Å²) in [6.07, 6.45) is 4.33. The number of carbonyl (C=O) groups is 1. The fraction of sp³-hybridized carbons (Fsp3) is 0.346. The molecule has 0 aliphatic heterocycles. The topological polar surface area (TPSA) is 37.3 Å². The van der Waals surface area contributed by atoms with Gasteiger partial charge in [0.25, 0.3) is 0 Å². The minimum atomic E-state index is -0.686. The molecule has 0 amide bonds. The molecule has 1 atom stereocenters. The Morgan fingerprint density at radius 3 is 2.37 bits per heavy atom. The monoisotopic (exact) mass is 438 g/mol. The first-order valence-corrected chi connectivity index (χ1v) is 12.8. The Balaban J connectivity index is 1.45. The predicted molar refractivity (Wildman–Crippen MR) is 132 cm³/mol. The highest BCUT2D eigenvalue weighted by atomic mass is 32.2. The lowest BCUT2D eigenvalue weighted by molar-refractivity contribution is -0.137. The Labute approximate surface area is 188 Å². The summed E-state index contributed by atoms with van der Waals surface area (Å²) in [6.45, 7) is 0. The number of fused-ring (bicyclic) bond motifs is 1. The number of thioether (sulfide) groups is 2. The summed E-state index contributed by atoms with van der Waals surface area (Å²) >= 11 is 4.02. The average molecular weight is 439 g/mol. The molecule has 0 heterocycles. The van der Waals surface area contributed by atoms with Crippen LogP contribution in [0.25, 0.3) is 10.8 Å². The van der Waals surface area contributed by atoms with E-state index in [0.717, 1.165) is 36.5 Å². The number of benzene rings is 3. The molecule has 0 saturated carbocycles. The third-order valence-corrected chi connectivity index (χ3v) is 7.67. The fourth-order valence-corrected chi connectivity index (χ4v) is 5.88. The lowest BCUT2D eigenvalue weighted by Gasteiger charge is -2.16. The van der Waals surface area contributed by atoms with Crippen LogP contribution in [0.3, 0.4) is 0 Å². The summed E-state index contributed by atoms with van der Waals surface area (Å²) < 4.78 is 0. The molecular weight excluding hydrogens is 408 g/mol. The van der Waals surface area contributed by atoms with Crippen molar-refractivity contribution in [3.63, 3.8) is 0 Å². The van der Waals surface area contributed by atoms with E-state index in [4.69, 9.17) is 5.11 Å². The van der Waals surface area contributed by atoms with Gasteiger partial charge in [-0.25, -0.2) is 0 Å². The fourth-order valence-electron chi connectivity index (χ4n) is 3.48. The van der Waals surface area contributed by atoms with Gasteiger partial charge in [-0.3, -0.25) is 4.79 Å². The lowest BCUT2D eigenvalue weighted by Crippen LogP contribution is -2.06. The minimum Gasteiger partial charge on any atom is -0.481 e. The zero-order valence-corrected chi connectivity index (χ0v) is 19.0. The Morgan fingerprint density at radius 1 is 0.800 bits per heavy atom. The molecule has 3 aromatic carbocycles. The van der Waals surface area contributed by atoms with Crippen LogP contribution in [0.5, 0.6) is 0 Å². The molecule has 0 aliphatic rings. The van der Waals surface area contributed by atoms with Gasteiger partial charge < -0.3 is 5.11 Å². The summed E-state index contributed by atoms with van der Waals surface area (Å²) in [5.74, 6) is 2.52. The molecule has 1 unspecified atom stereocenters. The van der Waals surface area contributed by atoms with Gasteiger partial charge in [0.1, 0.15) is 0 Å². The number of carboxylic acids is 1. The summed E-state index contributed by atoms with van der Waals surface area (Å²) in [6, 6.07) is 25.9. The zero-order chi connectivity index (χ0) is 21.0. The smallest absolute Gasteiger partial charge is 0.303 e. The molecule has 158 valence electrons. The van der Waals surface area contributed by atoms with E-state index >= 15 is 0 Å². The first-order valence-electron chi connectivity index (χ1n) is 10.6. The van der Waals surface area contributed by atoms with Crippen molar-refractivity contribution < 1.29 is 9.90 Å². The maximum absolute atomic E-state index is 10.8. The van der Waals surface area contributed by atoms with Crippen molar-refractivity contribution in [2.75, 3.05) is 5.75 Å². The van der Waals surface area contributed by atoms with Crippen molar-refractivity contribution in [1.82, 2.24) is 0 Å². The molecule has 0 aliphatic carbocycles. The Bertz CT molecular complexity index is 911.